The van der Waals surface area contributed by atoms with Crippen LogP contribution >= 0.6 is 0 Å². The maximum absolute atomic E-state index is 12.1. The summed E-state index contributed by atoms with van der Waals surface area (Å²) < 4.78 is 0. The molecule has 3 rings (SSSR count). The summed E-state index contributed by atoms with van der Waals surface area (Å²) in [5, 5.41) is 3.14. The summed E-state index contributed by atoms with van der Waals surface area (Å²) in [7, 11) is 0. The minimum atomic E-state index is 0.101. The molecule has 4 nitrogen and oxygen atoms in total. The van der Waals surface area contributed by atoms with E-state index in [4.69, 9.17) is 0 Å². The largest absolute Gasteiger partial charge is 0.348 e. The summed E-state index contributed by atoms with van der Waals surface area (Å²) in [6.45, 7) is 7.70. The van der Waals surface area contributed by atoms with Gasteiger partial charge in [0.1, 0.15) is 32.7 Å². The van der Waals surface area contributed by atoms with Crippen molar-refractivity contribution < 1.29 is 14.6 Å². The molecule has 3 N–H and O–H groups in total. The third-order valence-corrected chi connectivity index (χ3v) is 4.83. The second kappa shape index (κ2) is 6.58. The fourth-order valence-electron chi connectivity index (χ4n) is 3.16. The van der Waals surface area contributed by atoms with Gasteiger partial charge in [0.25, 0.3) is 5.91 Å². The van der Waals surface area contributed by atoms with Gasteiger partial charge in [0.15, 0.2) is 6.04 Å². The van der Waals surface area contributed by atoms with Crippen molar-refractivity contribution in [3.05, 3.63) is 35.9 Å². The minimum absolute atomic E-state index is 0.101. The van der Waals surface area contributed by atoms with Crippen LogP contribution in [0.4, 0.5) is 0 Å². The lowest BCUT2D eigenvalue weighted by molar-refractivity contribution is -1.02. The summed E-state index contributed by atoms with van der Waals surface area (Å²) in [5.41, 5.74) is 1.41. The van der Waals surface area contributed by atoms with Crippen LogP contribution in [0.2, 0.25) is 0 Å². The number of quaternary nitrogens is 2. The zero-order chi connectivity index (χ0) is 14.7. The molecule has 2 fully saturated rings. The van der Waals surface area contributed by atoms with Crippen molar-refractivity contribution in [3.63, 3.8) is 0 Å². The summed E-state index contributed by atoms with van der Waals surface area (Å²) >= 11 is 0. The van der Waals surface area contributed by atoms with Crippen LogP contribution in [0.1, 0.15) is 25.3 Å². The molecule has 1 saturated heterocycles. The number of amides is 1. The fourth-order valence-corrected chi connectivity index (χ4v) is 3.16. The van der Waals surface area contributed by atoms with Crippen LogP contribution in [0.25, 0.3) is 0 Å². The SMILES string of the molecule is C[C@H](C(=O)NC1CC1)[NH+]1CC[NH+](Cc2ccccc2)CC1. The summed E-state index contributed by atoms with van der Waals surface area (Å²) in [6.07, 6.45) is 2.34. The Bertz CT molecular complexity index is 464. The number of carbonyl (C=O) groups excluding carboxylic acids is 1. The van der Waals surface area contributed by atoms with Gasteiger partial charge in [-0.2, -0.15) is 0 Å². The van der Waals surface area contributed by atoms with E-state index in [1.165, 1.54) is 23.3 Å². The summed E-state index contributed by atoms with van der Waals surface area (Å²) in [5.74, 6) is 0.249. The van der Waals surface area contributed by atoms with E-state index >= 15 is 0 Å². The van der Waals surface area contributed by atoms with Crippen molar-refractivity contribution in [2.24, 2.45) is 0 Å². The number of hydrogen-bond acceptors (Lipinski definition) is 1. The highest BCUT2D eigenvalue weighted by Gasteiger charge is 2.33. The van der Waals surface area contributed by atoms with Gasteiger partial charge >= 0.3 is 0 Å². The standard InChI is InChI=1S/C17H25N3O/c1-14(17(21)18-16-7-8-16)20-11-9-19(10-12-20)13-15-5-3-2-4-6-15/h2-6,14,16H,7-13H2,1H3,(H,18,21)/p+2/t14-/m1/s1. The normalized spacial score (nSPS) is 27.1. The van der Waals surface area contributed by atoms with Crippen LogP contribution in [0.3, 0.4) is 0 Å². The van der Waals surface area contributed by atoms with Crippen LogP contribution < -0.4 is 15.1 Å². The second-order valence-corrected chi connectivity index (χ2v) is 6.58. The first-order valence-corrected chi connectivity index (χ1v) is 8.25. The van der Waals surface area contributed by atoms with Crippen LogP contribution in [0.5, 0.6) is 0 Å². The molecule has 0 radical (unpaired) electrons. The molecule has 1 saturated carbocycles. The second-order valence-electron chi connectivity index (χ2n) is 6.58. The lowest BCUT2D eigenvalue weighted by Crippen LogP contribution is -3.29. The molecule has 1 amide bonds. The van der Waals surface area contributed by atoms with Gasteiger partial charge in [0, 0.05) is 11.6 Å². The smallest absolute Gasteiger partial charge is 0.278 e. The molecule has 0 spiro atoms. The third kappa shape index (κ3) is 4.05. The van der Waals surface area contributed by atoms with Crippen molar-refractivity contribution in [1.29, 1.82) is 0 Å². The Balaban J connectivity index is 1.44. The molecule has 1 aromatic rings. The first kappa shape index (κ1) is 14.5. The van der Waals surface area contributed by atoms with Gasteiger partial charge in [-0.15, -0.1) is 0 Å². The average molecular weight is 289 g/mol. The molecule has 1 heterocycles. The van der Waals surface area contributed by atoms with Crippen molar-refractivity contribution in [3.8, 4) is 0 Å². The molecule has 1 aliphatic carbocycles. The highest BCUT2D eigenvalue weighted by molar-refractivity contribution is 5.80. The van der Waals surface area contributed by atoms with Gasteiger partial charge < -0.3 is 15.1 Å². The van der Waals surface area contributed by atoms with Crippen molar-refractivity contribution in [1.82, 2.24) is 5.32 Å². The lowest BCUT2D eigenvalue weighted by atomic mass is 10.1. The topological polar surface area (TPSA) is 38.0 Å². The number of rotatable bonds is 5. The Hall–Kier alpha value is -1.39. The maximum Gasteiger partial charge on any atom is 0.278 e. The van der Waals surface area contributed by atoms with E-state index in [-0.39, 0.29) is 11.9 Å². The number of nitrogens with one attached hydrogen (secondary N) is 3. The van der Waals surface area contributed by atoms with Crippen LogP contribution in [-0.4, -0.2) is 44.2 Å². The molecule has 4 heteroatoms. The molecule has 1 atom stereocenters. The quantitative estimate of drug-likeness (QED) is 0.615. The zero-order valence-corrected chi connectivity index (χ0v) is 12.9. The molecular formula is C17H27N3O+2. The molecule has 1 aromatic carbocycles. The molecular weight excluding hydrogens is 262 g/mol. The third-order valence-electron chi connectivity index (χ3n) is 4.83. The highest BCUT2D eigenvalue weighted by Crippen LogP contribution is 2.18. The predicted octanol–water partition coefficient (Wildman–Crippen LogP) is -1.36. The molecule has 0 aromatic heterocycles. The minimum Gasteiger partial charge on any atom is -0.348 e. The molecule has 2 aliphatic rings. The Kier molecular flexibility index (Phi) is 4.56. The number of hydrogen-bond donors (Lipinski definition) is 3. The predicted molar refractivity (Wildman–Crippen MR) is 82.2 cm³/mol. The van der Waals surface area contributed by atoms with E-state index in [2.05, 4.69) is 42.6 Å². The molecule has 0 unspecified atom stereocenters. The van der Waals surface area contributed by atoms with Crippen molar-refractivity contribution in [2.75, 3.05) is 26.2 Å². The first-order valence-electron chi connectivity index (χ1n) is 8.25. The zero-order valence-electron chi connectivity index (χ0n) is 12.9. The van der Waals surface area contributed by atoms with E-state index < -0.39 is 0 Å². The fraction of sp³-hybridized carbons (Fsp3) is 0.588. The monoisotopic (exact) mass is 289 g/mol. The number of carbonyl (C=O) groups is 1. The Morgan fingerprint density at radius 2 is 1.86 bits per heavy atom. The van der Waals surface area contributed by atoms with E-state index in [0.717, 1.165) is 32.7 Å². The van der Waals surface area contributed by atoms with Gasteiger partial charge in [-0.05, 0) is 19.8 Å². The van der Waals surface area contributed by atoms with Gasteiger partial charge in [0.2, 0.25) is 0 Å². The number of piperazine rings is 1. The van der Waals surface area contributed by atoms with Gasteiger partial charge in [-0.1, -0.05) is 30.3 Å². The molecule has 21 heavy (non-hydrogen) atoms. The van der Waals surface area contributed by atoms with Gasteiger partial charge in [-0.25, -0.2) is 0 Å². The molecule has 0 bridgehead atoms. The lowest BCUT2D eigenvalue weighted by Gasteiger charge is -2.32. The Morgan fingerprint density at radius 1 is 1.19 bits per heavy atom. The maximum atomic E-state index is 12.1. The van der Waals surface area contributed by atoms with Gasteiger partial charge in [0.05, 0.1) is 0 Å². The van der Waals surface area contributed by atoms with Crippen LogP contribution in [0, 0.1) is 0 Å². The highest BCUT2D eigenvalue weighted by atomic mass is 16.2. The summed E-state index contributed by atoms with van der Waals surface area (Å²) in [6, 6.07) is 11.3. The van der Waals surface area contributed by atoms with E-state index in [1.807, 2.05) is 0 Å². The van der Waals surface area contributed by atoms with E-state index in [1.54, 1.807) is 4.90 Å². The van der Waals surface area contributed by atoms with Crippen LogP contribution in [0.15, 0.2) is 30.3 Å². The van der Waals surface area contributed by atoms with Gasteiger partial charge in [-0.3, -0.25) is 4.79 Å². The van der Waals surface area contributed by atoms with Crippen molar-refractivity contribution in [2.45, 2.75) is 38.4 Å². The molecule has 114 valence electrons. The van der Waals surface area contributed by atoms with Crippen molar-refractivity contribution >= 4 is 5.91 Å². The van der Waals surface area contributed by atoms with E-state index in [0.29, 0.717) is 6.04 Å². The van der Waals surface area contributed by atoms with Crippen LogP contribution in [-0.2, 0) is 11.3 Å². The number of benzene rings is 1. The Morgan fingerprint density at radius 3 is 2.48 bits per heavy atom. The Labute approximate surface area is 127 Å². The average Bonchev–Trinajstić information content (AvgIpc) is 3.32. The summed E-state index contributed by atoms with van der Waals surface area (Å²) in [4.78, 5) is 15.2. The first-order chi connectivity index (χ1) is 10.2. The molecule has 1 aliphatic heterocycles. The van der Waals surface area contributed by atoms with E-state index in [9.17, 15) is 4.79 Å².